The largest absolute Gasteiger partial charge is 0.416 e. The van der Waals surface area contributed by atoms with E-state index in [1.807, 2.05) is 0 Å². The molecule has 1 rings (SSSR count). The molecule has 0 bridgehead atoms. The number of benzene rings is 1. The maximum atomic E-state index is 11.8. The van der Waals surface area contributed by atoms with Gasteiger partial charge in [-0.25, -0.2) is 0 Å². The molecule has 15 heavy (non-hydrogen) atoms. The van der Waals surface area contributed by atoms with E-state index in [0.29, 0.717) is 0 Å². The summed E-state index contributed by atoms with van der Waals surface area (Å²) in [5.74, 6) is 0. The third-order valence-corrected chi connectivity index (χ3v) is 1.28. The molecule has 6 heteroatoms. The lowest BCUT2D eigenvalue weighted by Crippen LogP contribution is -2.03. The summed E-state index contributed by atoms with van der Waals surface area (Å²) >= 11 is 4.68. The Morgan fingerprint density at radius 2 is 1.67 bits per heavy atom. The molecule has 0 spiro atoms. The van der Waals surface area contributed by atoms with E-state index in [-0.39, 0.29) is 0 Å². The van der Waals surface area contributed by atoms with E-state index >= 15 is 0 Å². The van der Waals surface area contributed by atoms with Gasteiger partial charge in [-0.15, -0.1) is 0 Å². The van der Waals surface area contributed by atoms with Crippen molar-refractivity contribution < 1.29 is 13.2 Å². The number of alkyl halides is 3. The van der Waals surface area contributed by atoms with Gasteiger partial charge in [0.2, 0.25) is 0 Å². The molecule has 0 amide bonds. The molecule has 0 fully saturated rings. The number of rotatable bonds is 0. The number of nitrogens with one attached hydrogen (secondary N) is 1. The highest BCUT2D eigenvalue weighted by molar-refractivity contribution is 6.68. The van der Waals surface area contributed by atoms with Crippen LogP contribution in [-0.2, 0) is 6.18 Å². The van der Waals surface area contributed by atoms with Crippen LogP contribution < -0.4 is 0 Å². The van der Waals surface area contributed by atoms with E-state index in [1.54, 1.807) is 6.07 Å². The van der Waals surface area contributed by atoms with Crippen LogP contribution >= 0.6 is 11.6 Å². The normalized spacial score (nSPS) is 9.53. The van der Waals surface area contributed by atoms with Gasteiger partial charge in [0, 0.05) is 0 Å². The molecular formula is C9H6ClF3N2. The quantitative estimate of drug-likeness (QED) is 0.687. The zero-order valence-electron chi connectivity index (χ0n) is 7.35. The van der Waals surface area contributed by atoms with Crippen molar-refractivity contribution in [1.29, 1.82) is 10.7 Å². The molecule has 80 valence electrons. The fourth-order valence-electron chi connectivity index (χ4n) is 0.627. The second-order valence-corrected chi connectivity index (χ2v) is 2.67. The summed E-state index contributed by atoms with van der Waals surface area (Å²) in [6.45, 7) is 0. The molecule has 0 atom stereocenters. The summed E-state index contributed by atoms with van der Waals surface area (Å²) in [4.78, 5) is 0. The van der Waals surface area contributed by atoms with Crippen LogP contribution in [0.15, 0.2) is 30.3 Å². The van der Waals surface area contributed by atoms with Crippen LogP contribution in [0.4, 0.5) is 13.2 Å². The molecule has 0 radical (unpaired) electrons. The molecule has 0 heterocycles. The highest BCUT2D eigenvalue weighted by Crippen LogP contribution is 2.28. The van der Waals surface area contributed by atoms with Gasteiger partial charge in [-0.3, -0.25) is 5.41 Å². The SMILES string of the molecule is FC(F)(F)c1ccccc1.N#CC(=N)Cl. The Bertz CT molecular complexity index is 354. The Labute approximate surface area is 89.4 Å². The maximum absolute atomic E-state index is 11.8. The molecule has 0 unspecified atom stereocenters. The predicted octanol–water partition coefficient (Wildman–Crippen LogP) is 3.43. The van der Waals surface area contributed by atoms with Crippen molar-refractivity contribution in [2.24, 2.45) is 0 Å². The predicted molar refractivity (Wildman–Crippen MR) is 50.6 cm³/mol. The first-order valence-corrected chi connectivity index (χ1v) is 4.02. The average molecular weight is 235 g/mol. The molecular weight excluding hydrogens is 229 g/mol. The minimum Gasteiger partial charge on any atom is -0.280 e. The average Bonchev–Trinajstić information content (AvgIpc) is 2.19. The molecule has 1 aromatic carbocycles. The van der Waals surface area contributed by atoms with Gasteiger partial charge in [-0.1, -0.05) is 41.9 Å². The second-order valence-electron chi connectivity index (χ2n) is 2.29. The number of hydrogen-bond acceptors (Lipinski definition) is 2. The van der Waals surface area contributed by atoms with E-state index < -0.39 is 16.9 Å². The van der Waals surface area contributed by atoms with Crippen LogP contribution in [-0.4, -0.2) is 5.17 Å². The van der Waals surface area contributed by atoms with Gasteiger partial charge in [-0.2, -0.15) is 18.4 Å². The number of nitrogens with zero attached hydrogens (tertiary/aromatic N) is 1. The van der Waals surface area contributed by atoms with Gasteiger partial charge in [0.15, 0.2) is 5.17 Å². The van der Waals surface area contributed by atoms with Crippen molar-refractivity contribution in [3.8, 4) is 6.07 Å². The summed E-state index contributed by atoms with van der Waals surface area (Å²) in [7, 11) is 0. The van der Waals surface area contributed by atoms with Gasteiger partial charge < -0.3 is 0 Å². The van der Waals surface area contributed by atoms with Crippen LogP contribution in [0, 0.1) is 16.7 Å². The molecule has 2 nitrogen and oxygen atoms in total. The Hall–Kier alpha value is -1.54. The van der Waals surface area contributed by atoms with E-state index in [4.69, 9.17) is 10.7 Å². The topological polar surface area (TPSA) is 47.6 Å². The smallest absolute Gasteiger partial charge is 0.280 e. The third kappa shape index (κ3) is 6.52. The zero-order chi connectivity index (χ0) is 11.9. The summed E-state index contributed by atoms with van der Waals surface area (Å²) in [5.41, 5.74) is -0.602. The van der Waals surface area contributed by atoms with Gasteiger partial charge in [0.25, 0.3) is 0 Å². The number of nitriles is 1. The summed E-state index contributed by atoms with van der Waals surface area (Å²) in [6, 6.07) is 7.74. The lowest BCUT2D eigenvalue weighted by Gasteiger charge is -2.03. The Balaban J connectivity index is 0.000000336. The first kappa shape index (κ1) is 13.5. The van der Waals surface area contributed by atoms with Crippen LogP contribution in [0.5, 0.6) is 0 Å². The highest BCUT2D eigenvalue weighted by atomic mass is 35.5. The van der Waals surface area contributed by atoms with Crippen molar-refractivity contribution in [2.45, 2.75) is 6.18 Å². The first-order chi connectivity index (χ1) is 6.88. The fraction of sp³-hybridized carbons (Fsp3) is 0.111. The summed E-state index contributed by atoms with van der Waals surface area (Å²) in [5, 5.41) is 13.2. The van der Waals surface area contributed by atoms with Crippen molar-refractivity contribution in [1.82, 2.24) is 0 Å². The molecule has 0 aliphatic heterocycles. The number of hydrogen-bond donors (Lipinski definition) is 1. The van der Waals surface area contributed by atoms with Crippen LogP contribution in [0.3, 0.4) is 0 Å². The van der Waals surface area contributed by atoms with Gasteiger partial charge in [-0.05, 0) is 0 Å². The molecule has 1 aromatic rings. The number of halogens is 4. The molecule has 0 aromatic heterocycles. The summed E-state index contributed by atoms with van der Waals surface area (Å²) in [6.07, 6.45) is -4.21. The van der Waals surface area contributed by atoms with E-state index in [1.165, 1.54) is 18.2 Å². The van der Waals surface area contributed by atoms with Crippen molar-refractivity contribution >= 4 is 16.8 Å². The zero-order valence-corrected chi connectivity index (χ0v) is 8.10. The Morgan fingerprint density at radius 1 is 1.27 bits per heavy atom. The Kier molecular flexibility index (Phi) is 5.42. The Morgan fingerprint density at radius 3 is 1.87 bits per heavy atom. The summed E-state index contributed by atoms with van der Waals surface area (Å²) < 4.78 is 35.4. The highest BCUT2D eigenvalue weighted by Gasteiger charge is 2.29. The standard InChI is InChI=1S/C7H5F3.C2HClN2/c8-7(9,10)6-4-2-1-3-5-6;3-2(5)1-4/h1-5H;5H. The third-order valence-electron chi connectivity index (χ3n) is 1.20. The molecule has 0 saturated heterocycles. The molecule has 0 aliphatic carbocycles. The minimum absolute atomic E-state index is 0.468. The lowest BCUT2D eigenvalue weighted by molar-refractivity contribution is -0.137. The molecule has 0 saturated carbocycles. The lowest BCUT2D eigenvalue weighted by atomic mass is 10.2. The second kappa shape index (κ2) is 6.04. The van der Waals surface area contributed by atoms with Crippen molar-refractivity contribution in [3.05, 3.63) is 35.9 Å². The molecule has 0 aliphatic rings. The van der Waals surface area contributed by atoms with Gasteiger partial charge >= 0.3 is 6.18 Å². The molecule has 1 N–H and O–H groups in total. The minimum atomic E-state index is -4.21. The first-order valence-electron chi connectivity index (χ1n) is 3.64. The monoisotopic (exact) mass is 234 g/mol. The van der Waals surface area contributed by atoms with Crippen LogP contribution in [0.2, 0.25) is 0 Å². The maximum Gasteiger partial charge on any atom is 0.416 e. The van der Waals surface area contributed by atoms with Crippen LogP contribution in [0.1, 0.15) is 5.56 Å². The van der Waals surface area contributed by atoms with Crippen molar-refractivity contribution in [2.75, 3.05) is 0 Å². The van der Waals surface area contributed by atoms with Gasteiger partial charge in [0.1, 0.15) is 6.07 Å². The van der Waals surface area contributed by atoms with Gasteiger partial charge in [0.05, 0.1) is 5.56 Å². The van der Waals surface area contributed by atoms with E-state index in [2.05, 4.69) is 11.6 Å². The van der Waals surface area contributed by atoms with Crippen molar-refractivity contribution in [3.63, 3.8) is 0 Å². The fourth-order valence-corrected chi connectivity index (χ4v) is 0.627. The van der Waals surface area contributed by atoms with E-state index in [0.717, 1.165) is 12.1 Å². The van der Waals surface area contributed by atoms with Crippen LogP contribution in [0.25, 0.3) is 0 Å². The van der Waals surface area contributed by atoms with E-state index in [9.17, 15) is 13.2 Å².